The van der Waals surface area contributed by atoms with Gasteiger partial charge in [-0.1, -0.05) is 25.2 Å². The first-order valence-corrected chi connectivity index (χ1v) is 8.42. The number of aliphatic hydroxyl groups excluding tert-OH is 1. The van der Waals surface area contributed by atoms with Crippen molar-refractivity contribution in [3.05, 3.63) is 0 Å². The van der Waals surface area contributed by atoms with Crippen LogP contribution < -0.4 is 0 Å². The molecule has 1 unspecified atom stereocenters. The molecule has 3 nitrogen and oxygen atoms in total. The van der Waals surface area contributed by atoms with Crippen molar-refractivity contribution < 1.29 is 15.0 Å². The smallest absolute Gasteiger partial charge is 0.139 e. The molecule has 6 atom stereocenters. The Labute approximate surface area is 127 Å². The summed E-state index contributed by atoms with van der Waals surface area (Å²) < 4.78 is 0. The van der Waals surface area contributed by atoms with Gasteiger partial charge in [-0.15, -0.1) is 0 Å². The van der Waals surface area contributed by atoms with Gasteiger partial charge in [-0.05, 0) is 50.9 Å². The van der Waals surface area contributed by atoms with Crippen molar-refractivity contribution in [3.63, 3.8) is 0 Å². The monoisotopic (exact) mass is 290 g/mol. The van der Waals surface area contributed by atoms with Crippen LogP contribution in [0.5, 0.6) is 0 Å². The van der Waals surface area contributed by atoms with Gasteiger partial charge in [-0.25, -0.2) is 0 Å². The van der Waals surface area contributed by atoms with Gasteiger partial charge in [0.05, 0.1) is 12.0 Å². The topological polar surface area (TPSA) is 57.5 Å². The van der Waals surface area contributed by atoms with Crippen LogP contribution in [0.25, 0.3) is 0 Å². The Morgan fingerprint density at radius 2 is 2.00 bits per heavy atom. The van der Waals surface area contributed by atoms with Crippen LogP contribution in [0.4, 0.5) is 0 Å². The van der Waals surface area contributed by atoms with Crippen LogP contribution >= 0.6 is 0 Å². The summed E-state index contributed by atoms with van der Waals surface area (Å²) in [6.45, 7) is 3.83. The highest BCUT2D eigenvalue weighted by Crippen LogP contribution is 2.50. The third-order valence-electron chi connectivity index (χ3n) is 6.09. The zero-order valence-corrected chi connectivity index (χ0v) is 13.0. The molecule has 0 radical (unpaired) electrons. The van der Waals surface area contributed by atoms with Gasteiger partial charge in [0.25, 0.3) is 0 Å². The van der Waals surface area contributed by atoms with Crippen molar-refractivity contribution in [1.29, 1.82) is 0 Å². The predicted molar refractivity (Wildman–Crippen MR) is 80.2 cm³/mol. The molecule has 21 heavy (non-hydrogen) atoms. The van der Waals surface area contributed by atoms with Crippen molar-refractivity contribution in [2.75, 3.05) is 0 Å². The standard InChI is InChI=1S/C18H26O3/c1-3-12-16-13(15(19)8-7-14(16)17(12)20)9-10-18(2,21)11-5-4-6-11/h11-16,19,21H,3-8H2,1-2H3/t12?,13-,14-,15+,16+,18-/m1/s1. The summed E-state index contributed by atoms with van der Waals surface area (Å²) in [6, 6.07) is 0. The highest BCUT2D eigenvalue weighted by molar-refractivity contribution is 5.90. The van der Waals surface area contributed by atoms with Gasteiger partial charge in [0.2, 0.25) is 0 Å². The Balaban J connectivity index is 1.78. The number of Topliss-reactive ketones (excluding diaryl/α,β-unsaturated/α-hetero) is 1. The first kappa shape index (κ1) is 15.1. The van der Waals surface area contributed by atoms with Crippen molar-refractivity contribution in [1.82, 2.24) is 0 Å². The van der Waals surface area contributed by atoms with Crippen LogP contribution in [0.3, 0.4) is 0 Å². The van der Waals surface area contributed by atoms with E-state index in [9.17, 15) is 15.0 Å². The van der Waals surface area contributed by atoms with Crippen molar-refractivity contribution in [3.8, 4) is 11.8 Å². The molecule has 3 rings (SSSR count). The number of hydrogen-bond acceptors (Lipinski definition) is 3. The van der Waals surface area contributed by atoms with Gasteiger partial charge in [-0.3, -0.25) is 4.79 Å². The highest BCUT2D eigenvalue weighted by Gasteiger charge is 2.55. The molecule has 0 bridgehead atoms. The van der Waals surface area contributed by atoms with Crippen molar-refractivity contribution >= 4 is 5.78 Å². The molecule has 0 spiro atoms. The Kier molecular flexibility index (Phi) is 3.88. The number of carbonyl (C=O) groups excluding carboxylic acids is 1. The van der Waals surface area contributed by atoms with E-state index in [0.29, 0.717) is 12.2 Å². The maximum Gasteiger partial charge on any atom is 0.139 e. The summed E-state index contributed by atoms with van der Waals surface area (Å²) in [5.74, 6) is 7.09. The van der Waals surface area contributed by atoms with Gasteiger partial charge >= 0.3 is 0 Å². The quantitative estimate of drug-likeness (QED) is 0.766. The molecule has 0 amide bonds. The average Bonchev–Trinajstić information content (AvgIpc) is 2.35. The molecule has 3 aliphatic rings. The van der Waals surface area contributed by atoms with E-state index in [1.807, 2.05) is 6.92 Å². The van der Waals surface area contributed by atoms with Gasteiger partial charge in [0.1, 0.15) is 11.4 Å². The highest BCUT2D eigenvalue weighted by atomic mass is 16.3. The number of fused-ring (bicyclic) bond motifs is 1. The fourth-order valence-electron chi connectivity index (χ4n) is 4.41. The molecule has 0 aromatic carbocycles. The average molecular weight is 290 g/mol. The van der Waals surface area contributed by atoms with Crippen LogP contribution in [0.2, 0.25) is 0 Å². The van der Waals surface area contributed by atoms with E-state index in [4.69, 9.17) is 0 Å². The summed E-state index contributed by atoms with van der Waals surface area (Å²) in [5, 5.41) is 20.8. The second kappa shape index (κ2) is 5.41. The van der Waals surface area contributed by atoms with Gasteiger partial charge in [0.15, 0.2) is 0 Å². The molecule has 2 N–H and O–H groups in total. The lowest BCUT2D eigenvalue weighted by Crippen LogP contribution is -2.56. The fraction of sp³-hybridized carbons (Fsp3) is 0.833. The third kappa shape index (κ3) is 2.43. The van der Waals surface area contributed by atoms with E-state index in [2.05, 4.69) is 11.8 Å². The van der Waals surface area contributed by atoms with Gasteiger partial charge in [-0.2, -0.15) is 0 Å². The normalized spacial score (nSPS) is 41.9. The number of hydrogen-bond donors (Lipinski definition) is 2. The largest absolute Gasteiger partial charge is 0.392 e. The van der Waals surface area contributed by atoms with Crippen LogP contribution in [-0.2, 0) is 4.79 Å². The Hall–Kier alpha value is -0.850. The molecule has 0 heterocycles. The molecule has 3 fully saturated rings. The van der Waals surface area contributed by atoms with Crippen LogP contribution in [0.15, 0.2) is 0 Å². The molecule has 0 aliphatic heterocycles. The third-order valence-corrected chi connectivity index (χ3v) is 6.09. The minimum Gasteiger partial charge on any atom is -0.392 e. The SMILES string of the molecule is CCC1C(=O)[C@@H]2CC[C@H](O)[C@@H](C#C[C@@](C)(O)C3CCC3)[C@H]12. The summed E-state index contributed by atoms with van der Waals surface area (Å²) in [5.41, 5.74) is -0.944. The van der Waals surface area contributed by atoms with Crippen LogP contribution in [-0.4, -0.2) is 27.7 Å². The number of carbonyl (C=O) groups is 1. The summed E-state index contributed by atoms with van der Waals surface area (Å²) in [7, 11) is 0. The Morgan fingerprint density at radius 1 is 1.29 bits per heavy atom. The maximum atomic E-state index is 12.1. The minimum atomic E-state index is -0.944. The van der Waals surface area contributed by atoms with E-state index in [0.717, 1.165) is 25.7 Å². The summed E-state index contributed by atoms with van der Waals surface area (Å²) in [4.78, 5) is 12.1. The molecule has 116 valence electrons. The lowest BCUT2D eigenvalue weighted by Gasteiger charge is -2.50. The lowest BCUT2D eigenvalue weighted by molar-refractivity contribution is -0.153. The molecule has 0 aromatic heterocycles. The van der Waals surface area contributed by atoms with E-state index in [1.165, 1.54) is 6.42 Å². The molecule has 0 aromatic rings. The zero-order valence-electron chi connectivity index (χ0n) is 13.0. The van der Waals surface area contributed by atoms with Gasteiger partial charge in [0, 0.05) is 11.8 Å². The molecule has 3 saturated carbocycles. The first-order valence-electron chi connectivity index (χ1n) is 8.42. The lowest BCUT2D eigenvalue weighted by atomic mass is 9.52. The number of aliphatic hydroxyl groups is 2. The number of ketones is 1. The van der Waals surface area contributed by atoms with Crippen molar-refractivity contribution in [2.24, 2.45) is 29.6 Å². The van der Waals surface area contributed by atoms with E-state index in [1.54, 1.807) is 6.92 Å². The van der Waals surface area contributed by atoms with Crippen LogP contribution in [0.1, 0.15) is 52.4 Å². The number of rotatable bonds is 2. The van der Waals surface area contributed by atoms with E-state index < -0.39 is 11.7 Å². The fourth-order valence-corrected chi connectivity index (χ4v) is 4.41. The molecular weight excluding hydrogens is 264 g/mol. The summed E-state index contributed by atoms with van der Waals surface area (Å²) in [6.07, 6.45) is 5.11. The minimum absolute atomic E-state index is 0.0675. The molecule has 3 aliphatic carbocycles. The Bertz CT molecular complexity index is 472. The van der Waals surface area contributed by atoms with E-state index >= 15 is 0 Å². The van der Waals surface area contributed by atoms with Crippen LogP contribution in [0, 0.1) is 41.4 Å². The Morgan fingerprint density at radius 3 is 2.57 bits per heavy atom. The predicted octanol–water partition coefficient (Wildman–Crippen LogP) is 2.15. The first-order chi connectivity index (χ1) is 9.95. The maximum absolute atomic E-state index is 12.1. The molecule has 3 heteroatoms. The second-order valence-corrected chi connectivity index (χ2v) is 7.32. The van der Waals surface area contributed by atoms with E-state index in [-0.39, 0.29) is 29.6 Å². The molecule has 0 saturated heterocycles. The molecular formula is C18H26O3. The van der Waals surface area contributed by atoms with Gasteiger partial charge < -0.3 is 10.2 Å². The van der Waals surface area contributed by atoms with Crippen molar-refractivity contribution in [2.45, 2.75) is 64.1 Å². The summed E-state index contributed by atoms with van der Waals surface area (Å²) >= 11 is 0. The zero-order chi connectivity index (χ0) is 15.2. The second-order valence-electron chi connectivity index (χ2n) is 7.32.